The zero-order valence-electron chi connectivity index (χ0n) is 16.6. The Balaban J connectivity index is 1.50. The van der Waals surface area contributed by atoms with Gasteiger partial charge in [0.2, 0.25) is 4.77 Å². The van der Waals surface area contributed by atoms with Crippen LogP contribution >= 0.6 is 12.2 Å². The van der Waals surface area contributed by atoms with E-state index in [0.29, 0.717) is 0 Å². The van der Waals surface area contributed by atoms with Crippen LogP contribution in [0.1, 0.15) is 12.5 Å². The Morgan fingerprint density at radius 1 is 1.11 bits per heavy atom. The maximum atomic E-state index is 5.76. The number of anilines is 1. The van der Waals surface area contributed by atoms with Crippen LogP contribution < -0.4 is 14.8 Å². The molecule has 1 aliphatic heterocycles. The highest BCUT2D eigenvalue weighted by Crippen LogP contribution is 2.22. The molecular formula is C21H28N6S+2. The van der Waals surface area contributed by atoms with Gasteiger partial charge in [-0.25, -0.2) is 4.98 Å². The number of hydrogen-bond acceptors (Lipinski definition) is 3. The lowest BCUT2D eigenvalue weighted by Crippen LogP contribution is -3.14. The average Bonchev–Trinajstić information content (AvgIpc) is 3.04. The van der Waals surface area contributed by atoms with Crippen molar-refractivity contribution in [1.29, 1.82) is 0 Å². The van der Waals surface area contributed by atoms with Gasteiger partial charge in [0, 0.05) is 29.9 Å². The molecule has 4 rings (SSSR count). The molecule has 146 valence electrons. The molecule has 0 aliphatic carbocycles. The summed E-state index contributed by atoms with van der Waals surface area (Å²) in [6.07, 6.45) is 3.97. The molecule has 0 saturated carbocycles. The van der Waals surface area contributed by atoms with Crippen molar-refractivity contribution in [2.75, 3.05) is 31.1 Å². The van der Waals surface area contributed by atoms with Gasteiger partial charge in [0.05, 0.1) is 26.2 Å². The van der Waals surface area contributed by atoms with Gasteiger partial charge in [0.25, 0.3) is 0 Å². The Morgan fingerprint density at radius 3 is 2.50 bits per heavy atom. The molecule has 2 aromatic heterocycles. The summed E-state index contributed by atoms with van der Waals surface area (Å²) >= 11 is 5.76. The minimum Gasteiger partial charge on any atom is -0.360 e. The van der Waals surface area contributed by atoms with Crippen molar-refractivity contribution in [3.05, 3.63) is 59.1 Å². The van der Waals surface area contributed by atoms with Crippen LogP contribution in [0, 0.1) is 11.7 Å². The second-order valence-corrected chi connectivity index (χ2v) is 7.68. The van der Waals surface area contributed by atoms with Crippen LogP contribution in [-0.4, -0.2) is 40.5 Å². The van der Waals surface area contributed by atoms with E-state index in [1.54, 1.807) is 0 Å². The summed E-state index contributed by atoms with van der Waals surface area (Å²) in [4.78, 5) is 7.06. The van der Waals surface area contributed by atoms with Gasteiger partial charge in [-0.15, -0.1) is 5.10 Å². The normalized spacial score (nSPS) is 15.1. The minimum atomic E-state index is 0.814. The van der Waals surface area contributed by atoms with E-state index in [0.717, 1.165) is 55.6 Å². The van der Waals surface area contributed by atoms with E-state index in [4.69, 9.17) is 17.3 Å². The lowest BCUT2D eigenvalue weighted by molar-refractivity contribution is -0.924. The number of pyridine rings is 1. The number of aryl methyl sites for hydroxylation is 1. The van der Waals surface area contributed by atoms with Crippen LogP contribution in [0.25, 0.3) is 11.4 Å². The van der Waals surface area contributed by atoms with Crippen LogP contribution in [-0.2, 0) is 13.2 Å². The largest absolute Gasteiger partial charge is 0.360 e. The Hall–Kier alpha value is -2.51. The number of aromatic amines is 1. The molecule has 0 unspecified atom stereocenters. The van der Waals surface area contributed by atoms with Crippen molar-refractivity contribution >= 4 is 17.9 Å². The second kappa shape index (κ2) is 8.24. The first-order chi connectivity index (χ1) is 13.7. The highest BCUT2D eigenvalue weighted by atomic mass is 32.1. The lowest BCUT2D eigenvalue weighted by atomic mass is 10.1. The van der Waals surface area contributed by atoms with Crippen molar-refractivity contribution in [1.82, 2.24) is 14.3 Å². The molecule has 0 atom stereocenters. The quantitative estimate of drug-likeness (QED) is 0.666. The fraction of sp³-hybridized carbons (Fsp3) is 0.381. The number of rotatable bonds is 5. The van der Waals surface area contributed by atoms with Crippen molar-refractivity contribution in [3.63, 3.8) is 0 Å². The molecule has 6 nitrogen and oxygen atoms in total. The van der Waals surface area contributed by atoms with Gasteiger partial charge in [-0.3, -0.25) is 0 Å². The van der Waals surface area contributed by atoms with E-state index in [-0.39, 0.29) is 0 Å². The average molecular weight is 397 g/mol. The summed E-state index contributed by atoms with van der Waals surface area (Å²) in [5.74, 6) is 0.976. The molecule has 0 amide bonds. The van der Waals surface area contributed by atoms with Gasteiger partial charge in [0.15, 0.2) is 24.9 Å². The van der Waals surface area contributed by atoms with Gasteiger partial charge in [0.1, 0.15) is 0 Å². The fourth-order valence-electron chi connectivity index (χ4n) is 3.89. The molecule has 1 aliphatic rings. The van der Waals surface area contributed by atoms with Gasteiger partial charge in [-0.2, -0.15) is 4.68 Å². The highest BCUT2D eigenvalue weighted by Gasteiger charge is 2.22. The minimum absolute atomic E-state index is 0.814. The van der Waals surface area contributed by atoms with Gasteiger partial charge < -0.3 is 14.4 Å². The number of benzene rings is 1. The van der Waals surface area contributed by atoms with E-state index in [2.05, 4.69) is 64.7 Å². The smallest absolute Gasteiger partial charge is 0.203 e. The monoisotopic (exact) mass is 396 g/mol. The Labute approximate surface area is 171 Å². The van der Waals surface area contributed by atoms with Crippen molar-refractivity contribution in [2.24, 2.45) is 0 Å². The van der Waals surface area contributed by atoms with E-state index < -0.39 is 0 Å². The molecule has 7 heteroatoms. The van der Waals surface area contributed by atoms with Crippen molar-refractivity contribution < 1.29 is 9.88 Å². The highest BCUT2D eigenvalue weighted by molar-refractivity contribution is 7.71. The van der Waals surface area contributed by atoms with Crippen LogP contribution in [0.15, 0.2) is 48.8 Å². The lowest BCUT2D eigenvalue weighted by Gasteiger charge is -2.33. The molecule has 2 N–H and O–H groups in total. The SMILES string of the molecule is CCn1c(-c2ccccc2C)nn(C[NH+]2CCN(c3cc[nH+]cc3)CC2)c1=S. The molecule has 1 fully saturated rings. The standard InChI is InChI=1S/C21H26N6S/c1-3-26-20(19-7-5-4-6-17(19)2)23-27(21(26)28)16-24-12-14-25(15-13-24)18-8-10-22-11-9-18/h4-11H,3,12-16H2,1-2H3/p+2. The van der Waals surface area contributed by atoms with Crippen molar-refractivity contribution in [2.45, 2.75) is 27.1 Å². The number of quaternary nitrogens is 1. The van der Waals surface area contributed by atoms with Gasteiger partial charge in [-0.1, -0.05) is 24.3 Å². The maximum absolute atomic E-state index is 5.76. The predicted molar refractivity (Wildman–Crippen MR) is 113 cm³/mol. The number of aromatic nitrogens is 4. The predicted octanol–water partition coefficient (Wildman–Crippen LogP) is 1.59. The van der Waals surface area contributed by atoms with Crippen LogP contribution in [0.3, 0.4) is 0 Å². The number of H-pyrrole nitrogens is 1. The number of hydrogen-bond donors (Lipinski definition) is 1. The van der Waals surface area contributed by atoms with Crippen LogP contribution in [0.4, 0.5) is 5.69 Å². The first-order valence-corrected chi connectivity index (χ1v) is 10.4. The van der Waals surface area contributed by atoms with Gasteiger partial charge in [-0.05, 0) is 31.6 Å². The van der Waals surface area contributed by atoms with Crippen LogP contribution in [0.2, 0.25) is 0 Å². The summed E-state index contributed by atoms with van der Waals surface area (Å²) in [5, 5.41) is 4.92. The third kappa shape index (κ3) is 3.72. The molecule has 0 bridgehead atoms. The maximum Gasteiger partial charge on any atom is 0.203 e. The van der Waals surface area contributed by atoms with E-state index in [1.165, 1.54) is 16.2 Å². The molecule has 3 heterocycles. The number of nitrogens with one attached hydrogen (secondary N) is 2. The molecule has 1 aromatic carbocycles. The van der Waals surface area contributed by atoms with E-state index in [9.17, 15) is 0 Å². The topological polar surface area (TPSA) is 44.6 Å². The summed E-state index contributed by atoms with van der Waals surface area (Å²) in [7, 11) is 0. The summed E-state index contributed by atoms with van der Waals surface area (Å²) in [5.41, 5.74) is 3.67. The third-order valence-corrected chi connectivity index (χ3v) is 5.97. The Bertz CT molecular complexity index is 986. The fourth-order valence-corrected chi connectivity index (χ4v) is 4.21. The molecule has 0 spiro atoms. The third-order valence-electron chi connectivity index (χ3n) is 5.53. The first kappa shape index (κ1) is 18.8. The number of nitrogens with zero attached hydrogens (tertiary/aromatic N) is 4. The zero-order chi connectivity index (χ0) is 19.5. The molecular weight excluding hydrogens is 368 g/mol. The summed E-state index contributed by atoms with van der Waals surface area (Å²) < 4.78 is 4.98. The summed E-state index contributed by atoms with van der Waals surface area (Å²) in [6.45, 7) is 10.2. The zero-order valence-corrected chi connectivity index (χ0v) is 17.4. The Morgan fingerprint density at radius 2 is 1.82 bits per heavy atom. The number of piperazine rings is 1. The Kier molecular flexibility index (Phi) is 5.54. The first-order valence-electron chi connectivity index (χ1n) is 9.95. The molecule has 1 saturated heterocycles. The second-order valence-electron chi connectivity index (χ2n) is 7.32. The van der Waals surface area contributed by atoms with Gasteiger partial charge >= 0.3 is 0 Å². The molecule has 3 aromatic rings. The van der Waals surface area contributed by atoms with Crippen LogP contribution in [0.5, 0.6) is 0 Å². The van der Waals surface area contributed by atoms with E-state index >= 15 is 0 Å². The molecule has 28 heavy (non-hydrogen) atoms. The summed E-state index contributed by atoms with van der Waals surface area (Å²) in [6, 6.07) is 12.7. The molecule has 0 radical (unpaired) electrons. The van der Waals surface area contributed by atoms with Crippen molar-refractivity contribution in [3.8, 4) is 11.4 Å². The van der Waals surface area contributed by atoms with E-state index in [1.807, 2.05) is 17.1 Å².